The lowest BCUT2D eigenvalue weighted by Gasteiger charge is -2.18. The topological polar surface area (TPSA) is 57.8 Å². The molecule has 0 aliphatic carbocycles. The normalized spacial score (nSPS) is 12.1. The van der Waals surface area contributed by atoms with Gasteiger partial charge in [-0.3, -0.25) is 9.78 Å². The number of amides is 1. The summed E-state index contributed by atoms with van der Waals surface area (Å²) in [7, 11) is 0. The number of halogens is 2. The number of rotatable bonds is 7. The van der Waals surface area contributed by atoms with Crippen LogP contribution in [-0.4, -0.2) is 15.9 Å². The number of para-hydroxylation sites is 1. The summed E-state index contributed by atoms with van der Waals surface area (Å²) in [4.78, 5) is 20.3. The van der Waals surface area contributed by atoms with Gasteiger partial charge in [0, 0.05) is 48.4 Å². The van der Waals surface area contributed by atoms with Gasteiger partial charge in [-0.05, 0) is 52.9 Å². The largest absolute Gasteiger partial charge is 0.361 e. The zero-order valence-electron chi connectivity index (χ0n) is 17.2. The van der Waals surface area contributed by atoms with E-state index >= 15 is 0 Å². The number of carbonyl (C=O) groups excluding carboxylic acids is 1. The van der Waals surface area contributed by atoms with Crippen LogP contribution in [0.1, 0.15) is 41.5 Å². The molecular weight excluding hydrogens is 429 g/mol. The fourth-order valence-corrected chi connectivity index (χ4v) is 4.22. The van der Waals surface area contributed by atoms with E-state index in [0.29, 0.717) is 23.0 Å². The van der Waals surface area contributed by atoms with Crippen molar-refractivity contribution in [2.24, 2.45) is 0 Å². The van der Waals surface area contributed by atoms with Crippen molar-refractivity contribution < 1.29 is 4.79 Å². The maximum atomic E-state index is 12.9. The predicted molar refractivity (Wildman–Crippen MR) is 127 cm³/mol. The molecule has 31 heavy (non-hydrogen) atoms. The van der Waals surface area contributed by atoms with Crippen LogP contribution in [0.2, 0.25) is 10.0 Å². The van der Waals surface area contributed by atoms with Gasteiger partial charge in [-0.15, -0.1) is 0 Å². The molecule has 1 atom stereocenters. The van der Waals surface area contributed by atoms with Gasteiger partial charge in [-0.25, -0.2) is 0 Å². The number of aromatic nitrogens is 2. The van der Waals surface area contributed by atoms with E-state index in [9.17, 15) is 4.79 Å². The summed E-state index contributed by atoms with van der Waals surface area (Å²) in [6, 6.07) is 15.6. The molecule has 2 aromatic heterocycles. The number of carbonyl (C=O) groups is 1. The maximum Gasteiger partial charge on any atom is 0.221 e. The molecule has 158 valence electrons. The highest BCUT2D eigenvalue weighted by Gasteiger charge is 2.22. The minimum Gasteiger partial charge on any atom is -0.361 e. The van der Waals surface area contributed by atoms with Crippen molar-refractivity contribution in [2.75, 3.05) is 0 Å². The highest BCUT2D eigenvalue weighted by molar-refractivity contribution is 6.42. The SMILES string of the molecule is CCc1cccc2c(C(CC(=O)NCc3ccncc3)c3ccc(Cl)c(Cl)c3)c[nH]c12. The molecule has 6 heteroatoms. The fourth-order valence-electron chi connectivity index (χ4n) is 3.92. The second-order valence-corrected chi connectivity index (χ2v) is 8.31. The number of pyridine rings is 1. The van der Waals surface area contributed by atoms with Crippen molar-refractivity contribution >= 4 is 40.0 Å². The zero-order chi connectivity index (χ0) is 21.8. The lowest BCUT2D eigenvalue weighted by atomic mass is 9.87. The quantitative estimate of drug-likeness (QED) is 0.347. The average Bonchev–Trinajstić information content (AvgIpc) is 3.23. The monoisotopic (exact) mass is 451 g/mol. The van der Waals surface area contributed by atoms with Gasteiger partial charge in [-0.2, -0.15) is 0 Å². The standard InChI is InChI=1S/C25H23Cl2N3O/c1-2-17-4-3-5-19-21(15-30-25(17)19)20(18-6-7-22(26)23(27)12-18)13-24(31)29-14-16-8-10-28-11-9-16/h3-12,15,20,30H,2,13-14H2,1H3,(H,29,31). The second-order valence-electron chi connectivity index (χ2n) is 7.50. The molecule has 0 bridgehead atoms. The van der Waals surface area contributed by atoms with Crippen molar-refractivity contribution in [1.29, 1.82) is 0 Å². The Labute approximate surface area is 191 Å². The lowest BCUT2D eigenvalue weighted by molar-refractivity contribution is -0.121. The first-order valence-electron chi connectivity index (χ1n) is 10.3. The van der Waals surface area contributed by atoms with Crippen LogP contribution in [0.5, 0.6) is 0 Å². The van der Waals surface area contributed by atoms with Crippen molar-refractivity contribution in [3.05, 3.63) is 99.4 Å². The molecule has 4 rings (SSSR count). The summed E-state index contributed by atoms with van der Waals surface area (Å²) in [5.41, 5.74) is 5.40. The summed E-state index contributed by atoms with van der Waals surface area (Å²) < 4.78 is 0. The van der Waals surface area contributed by atoms with Gasteiger partial charge in [-0.1, -0.05) is 54.4 Å². The van der Waals surface area contributed by atoms with Gasteiger partial charge in [0.1, 0.15) is 0 Å². The summed E-state index contributed by atoms with van der Waals surface area (Å²) in [5.74, 6) is -0.193. The molecule has 4 nitrogen and oxygen atoms in total. The predicted octanol–water partition coefficient (Wildman–Crippen LogP) is 6.27. The third-order valence-corrected chi connectivity index (χ3v) is 6.30. The molecule has 0 radical (unpaired) electrons. The molecule has 0 aliphatic heterocycles. The summed E-state index contributed by atoms with van der Waals surface area (Å²) >= 11 is 12.5. The molecule has 0 aliphatic rings. The van der Waals surface area contributed by atoms with Gasteiger partial charge in [0.15, 0.2) is 0 Å². The van der Waals surface area contributed by atoms with Crippen LogP contribution >= 0.6 is 23.2 Å². The molecule has 0 spiro atoms. The van der Waals surface area contributed by atoms with E-state index in [1.165, 1.54) is 5.56 Å². The van der Waals surface area contributed by atoms with Crippen LogP contribution in [0.3, 0.4) is 0 Å². The van der Waals surface area contributed by atoms with E-state index in [2.05, 4.69) is 40.4 Å². The van der Waals surface area contributed by atoms with Gasteiger partial charge >= 0.3 is 0 Å². The van der Waals surface area contributed by atoms with Crippen LogP contribution in [0.25, 0.3) is 10.9 Å². The fraction of sp³-hybridized carbons (Fsp3) is 0.200. The van der Waals surface area contributed by atoms with Crippen molar-refractivity contribution in [2.45, 2.75) is 32.2 Å². The third kappa shape index (κ3) is 4.76. The minimum absolute atomic E-state index is 0.0334. The average molecular weight is 452 g/mol. The number of nitrogens with zero attached hydrogens (tertiary/aromatic N) is 1. The summed E-state index contributed by atoms with van der Waals surface area (Å²) in [6.45, 7) is 2.60. The second kappa shape index (κ2) is 9.54. The Morgan fingerprint density at radius 3 is 2.65 bits per heavy atom. The van der Waals surface area contributed by atoms with Gasteiger partial charge in [0.05, 0.1) is 10.0 Å². The Bertz CT molecular complexity index is 1200. The van der Waals surface area contributed by atoms with Crippen LogP contribution in [0, 0.1) is 0 Å². The van der Waals surface area contributed by atoms with E-state index in [0.717, 1.165) is 34.0 Å². The molecule has 2 N–H and O–H groups in total. The summed E-state index contributed by atoms with van der Waals surface area (Å²) in [5, 5.41) is 5.12. The molecule has 1 unspecified atom stereocenters. The Balaban J connectivity index is 1.67. The Morgan fingerprint density at radius 1 is 1.10 bits per heavy atom. The number of aromatic amines is 1. The van der Waals surface area contributed by atoms with Crippen LogP contribution in [0.4, 0.5) is 0 Å². The molecule has 0 fully saturated rings. The van der Waals surface area contributed by atoms with Crippen molar-refractivity contribution in [3.8, 4) is 0 Å². The van der Waals surface area contributed by atoms with Crippen LogP contribution in [-0.2, 0) is 17.8 Å². The number of benzene rings is 2. The van der Waals surface area contributed by atoms with Gasteiger partial charge in [0.2, 0.25) is 5.91 Å². The minimum atomic E-state index is -0.159. The van der Waals surface area contributed by atoms with E-state index in [1.54, 1.807) is 18.5 Å². The number of H-pyrrole nitrogens is 1. The first-order chi connectivity index (χ1) is 15.1. The van der Waals surface area contributed by atoms with Crippen molar-refractivity contribution in [3.63, 3.8) is 0 Å². The smallest absolute Gasteiger partial charge is 0.221 e. The third-order valence-electron chi connectivity index (χ3n) is 5.56. The van der Waals surface area contributed by atoms with E-state index < -0.39 is 0 Å². The number of hydrogen-bond donors (Lipinski definition) is 2. The Kier molecular flexibility index (Phi) is 6.59. The van der Waals surface area contributed by atoms with E-state index in [1.807, 2.05) is 30.5 Å². The highest BCUT2D eigenvalue weighted by atomic mass is 35.5. The lowest BCUT2D eigenvalue weighted by Crippen LogP contribution is -2.25. The number of hydrogen-bond acceptors (Lipinski definition) is 2. The molecule has 0 saturated heterocycles. The summed E-state index contributed by atoms with van der Waals surface area (Å²) in [6.07, 6.45) is 6.68. The molecule has 2 aromatic carbocycles. The van der Waals surface area contributed by atoms with Gasteiger partial charge < -0.3 is 10.3 Å². The number of aryl methyl sites for hydroxylation is 1. The first kappa shape index (κ1) is 21.4. The Morgan fingerprint density at radius 2 is 1.90 bits per heavy atom. The zero-order valence-corrected chi connectivity index (χ0v) is 18.7. The number of fused-ring (bicyclic) bond motifs is 1. The first-order valence-corrected chi connectivity index (χ1v) is 11.0. The van der Waals surface area contributed by atoms with E-state index in [-0.39, 0.29) is 11.8 Å². The molecular formula is C25H23Cl2N3O. The Hall–Kier alpha value is -2.82. The molecule has 4 aromatic rings. The van der Waals surface area contributed by atoms with Crippen LogP contribution in [0.15, 0.2) is 67.1 Å². The van der Waals surface area contributed by atoms with Gasteiger partial charge in [0.25, 0.3) is 0 Å². The number of nitrogens with one attached hydrogen (secondary N) is 2. The molecule has 0 saturated carbocycles. The van der Waals surface area contributed by atoms with Crippen LogP contribution < -0.4 is 5.32 Å². The van der Waals surface area contributed by atoms with E-state index in [4.69, 9.17) is 23.2 Å². The highest BCUT2D eigenvalue weighted by Crippen LogP contribution is 2.36. The molecule has 2 heterocycles. The molecule has 1 amide bonds. The van der Waals surface area contributed by atoms with Crippen molar-refractivity contribution in [1.82, 2.24) is 15.3 Å². The maximum absolute atomic E-state index is 12.9.